The van der Waals surface area contributed by atoms with Crippen molar-refractivity contribution in [2.75, 3.05) is 6.61 Å². The van der Waals surface area contributed by atoms with Crippen LogP contribution in [0.4, 0.5) is 0 Å². The first-order valence-corrected chi connectivity index (χ1v) is 9.50. The predicted molar refractivity (Wildman–Crippen MR) is 83.9 cm³/mol. The number of aliphatic hydroxyl groups is 1. The van der Waals surface area contributed by atoms with E-state index in [1.54, 1.807) is 0 Å². The van der Waals surface area contributed by atoms with Crippen LogP contribution >= 0.6 is 0 Å². The summed E-state index contributed by atoms with van der Waals surface area (Å²) in [6, 6.07) is 0. The number of hydrogen-bond donors (Lipinski definition) is 1. The molecule has 3 aliphatic carbocycles. The summed E-state index contributed by atoms with van der Waals surface area (Å²) in [5.41, 5.74) is 0. The maximum Gasteiger partial charge on any atom is 0.311 e. The summed E-state index contributed by atoms with van der Waals surface area (Å²) in [7, 11) is 0. The first-order valence-electron chi connectivity index (χ1n) is 9.50. The van der Waals surface area contributed by atoms with E-state index in [9.17, 15) is 9.90 Å². The fourth-order valence-electron chi connectivity index (χ4n) is 6.96. The largest absolute Gasteiger partial charge is 0.465 e. The molecular weight excluding hydrogens is 276 g/mol. The molecule has 3 saturated carbocycles. The molecule has 0 aromatic rings. The summed E-state index contributed by atoms with van der Waals surface area (Å²) >= 11 is 0. The molecule has 4 fully saturated rings. The number of hydrogen-bond acceptors (Lipinski definition) is 3. The zero-order valence-electron chi connectivity index (χ0n) is 13.9. The summed E-state index contributed by atoms with van der Waals surface area (Å²) in [5.74, 6) is 4.95. The van der Waals surface area contributed by atoms with Crippen LogP contribution in [0.1, 0.15) is 52.4 Å². The van der Waals surface area contributed by atoms with Gasteiger partial charge in [-0.3, -0.25) is 4.79 Å². The number of cyclic esters (lactones) is 1. The van der Waals surface area contributed by atoms with Crippen LogP contribution in [0, 0.1) is 47.3 Å². The van der Waals surface area contributed by atoms with E-state index in [0.29, 0.717) is 18.4 Å². The van der Waals surface area contributed by atoms with Gasteiger partial charge < -0.3 is 9.84 Å². The minimum absolute atomic E-state index is 0.156. The first-order chi connectivity index (χ1) is 10.7. The normalized spacial score (nSPS) is 51.1. The minimum atomic E-state index is -0.455. The van der Waals surface area contributed by atoms with E-state index in [4.69, 9.17) is 4.74 Å². The lowest BCUT2D eigenvalue weighted by atomic mass is 9.67. The first kappa shape index (κ1) is 15.0. The quantitative estimate of drug-likeness (QED) is 0.811. The van der Waals surface area contributed by atoms with Crippen molar-refractivity contribution >= 4 is 5.97 Å². The maximum atomic E-state index is 11.8. The lowest BCUT2D eigenvalue weighted by Crippen LogP contribution is -2.40. The van der Waals surface area contributed by atoms with Gasteiger partial charge in [-0.2, -0.15) is 0 Å². The molecule has 1 N–H and O–H groups in total. The average Bonchev–Trinajstić information content (AvgIpc) is 3.26. The molecule has 0 amide bonds. The molecule has 4 aliphatic rings. The number of carbonyl (C=O) groups excluding carboxylic acids is 1. The predicted octanol–water partition coefficient (Wildman–Crippen LogP) is 3.25. The van der Waals surface area contributed by atoms with Gasteiger partial charge in [-0.1, -0.05) is 26.7 Å². The van der Waals surface area contributed by atoms with Gasteiger partial charge in [0.05, 0.1) is 18.6 Å². The molecule has 0 spiro atoms. The van der Waals surface area contributed by atoms with Crippen molar-refractivity contribution in [3.8, 4) is 0 Å². The third-order valence-corrected chi connectivity index (χ3v) is 7.75. The number of ether oxygens (including phenoxy) is 1. The Morgan fingerprint density at radius 2 is 1.86 bits per heavy atom. The van der Waals surface area contributed by atoms with Gasteiger partial charge in [-0.15, -0.1) is 0 Å². The van der Waals surface area contributed by atoms with Crippen LogP contribution in [-0.4, -0.2) is 23.8 Å². The van der Waals surface area contributed by atoms with E-state index in [0.717, 1.165) is 42.4 Å². The van der Waals surface area contributed by atoms with Crippen molar-refractivity contribution in [1.82, 2.24) is 0 Å². The molecule has 1 heterocycles. The average molecular weight is 306 g/mol. The molecule has 2 bridgehead atoms. The lowest BCUT2D eigenvalue weighted by molar-refractivity contribution is -0.145. The summed E-state index contributed by atoms with van der Waals surface area (Å²) < 4.78 is 5.09. The number of fused-ring (bicyclic) bond motifs is 5. The molecule has 124 valence electrons. The summed E-state index contributed by atoms with van der Waals surface area (Å²) in [6.07, 6.45) is 6.75. The highest BCUT2D eigenvalue weighted by atomic mass is 16.5. The molecule has 9 atom stereocenters. The Bertz CT molecular complexity index is 448. The monoisotopic (exact) mass is 306 g/mol. The van der Waals surface area contributed by atoms with Gasteiger partial charge in [-0.25, -0.2) is 0 Å². The van der Waals surface area contributed by atoms with E-state index < -0.39 is 6.10 Å². The topological polar surface area (TPSA) is 46.5 Å². The Morgan fingerprint density at radius 3 is 2.50 bits per heavy atom. The highest BCUT2D eigenvalue weighted by Gasteiger charge is 2.61. The SMILES string of the molecule is CCC1CC(CC)C2C3CC(CC3C(O)C3CCOC3=O)C12. The van der Waals surface area contributed by atoms with Crippen LogP contribution in [0.2, 0.25) is 0 Å². The maximum absolute atomic E-state index is 11.8. The van der Waals surface area contributed by atoms with E-state index in [1.807, 2.05) is 0 Å². The minimum Gasteiger partial charge on any atom is -0.465 e. The van der Waals surface area contributed by atoms with Gasteiger partial charge in [0.2, 0.25) is 0 Å². The lowest BCUT2D eigenvalue weighted by Gasteiger charge is -2.38. The number of rotatable bonds is 4. The van der Waals surface area contributed by atoms with Gasteiger partial charge in [0.15, 0.2) is 0 Å². The van der Waals surface area contributed by atoms with Crippen molar-refractivity contribution in [3.05, 3.63) is 0 Å². The molecule has 3 nitrogen and oxygen atoms in total. The number of carbonyl (C=O) groups is 1. The van der Waals surface area contributed by atoms with Crippen molar-refractivity contribution in [3.63, 3.8) is 0 Å². The molecule has 22 heavy (non-hydrogen) atoms. The van der Waals surface area contributed by atoms with Crippen molar-refractivity contribution < 1.29 is 14.6 Å². The van der Waals surface area contributed by atoms with Crippen LogP contribution < -0.4 is 0 Å². The summed E-state index contributed by atoms with van der Waals surface area (Å²) in [4.78, 5) is 11.8. The fraction of sp³-hybridized carbons (Fsp3) is 0.947. The number of esters is 1. The highest BCUT2D eigenvalue weighted by Crippen LogP contribution is 2.66. The molecule has 1 saturated heterocycles. The van der Waals surface area contributed by atoms with Crippen LogP contribution in [-0.2, 0) is 9.53 Å². The Balaban J connectivity index is 1.54. The van der Waals surface area contributed by atoms with Crippen LogP contribution in [0.5, 0.6) is 0 Å². The molecule has 9 unspecified atom stereocenters. The second-order valence-electron chi connectivity index (χ2n) is 8.34. The smallest absolute Gasteiger partial charge is 0.311 e. The van der Waals surface area contributed by atoms with E-state index >= 15 is 0 Å². The van der Waals surface area contributed by atoms with Gasteiger partial charge >= 0.3 is 5.97 Å². The summed E-state index contributed by atoms with van der Waals surface area (Å²) in [5, 5.41) is 10.8. The van der Waals surface area contributed by atoms with E-state index in [-0.39, 0.29) is 11.9 Å². The van der Waals surface area contributed by atoms with Crippen molar-refractivity contribution in [2.24, 2.45) is 47.3 Å². The van der Waals surface area contributed by atoms with Crippen LogP contribution in [0.3, 0.4) is 0 Å². The van der Waals surface area contributed by atoms with Crippen LogP contribution in [0.15, 0.2) is 0 Å². The van der Waals surface area contributed by atoms with E-state index in [2.05, 4.69) is 13.8 Å². The third kappa shape index (κ3) is 2.00. The van der Waals surface area contributed by atoms with Crippen LogP contribution in [0.25, 0.3) is 0 Å². The molecule has 4 rings (SSSR count). The Hall–Kier alpha value is -0.570. The highest BCUT2D eigenvalue weighted by molar-refractivity contribution is 5.74. The third-order valence-electron chi connectivity index (χ3n) is 7.75. The zero-order valence-corrected chi connectivity index (χ0v) is 13.9. The Labute approximate surface area is 133 Å². The van der Waals surface area contributed by atoms with E-state index in [1.165, 1.54) is 25.7 Å². The standard InChI is InChI=1S/C19H30O3/c1-3-10-7-11(4-2)17-14-8-12(16(10)17)9-15(14)18(20)13-5-6-22-19(13)21/h10-18,20H,3-9H2,1-2H3. The molecule has 0 aromatic carbocycles. The fourth-order valence-corrected chi connectivity index (χ4v) is 6.96. The van der Waals surface area contributed by atoms with Gasteiger partial charge in [0.25, 0.3) is 0 Å². The van der Waals surface area contributed by atoms with Gasteiger partial charge in [-0.05, 0) is 67.1 Å². The zero-order chi connectivity index (χ0) is 15.4. The second kappa shape index (κ2) is 5.51. The molecule has 3 heteroatoms. The molecule has 1 aliphatic heterocycles. The molecule has 0 aromatic heterocycles. The molecule has 0 radical (unpaired) electrons. The van der Waals surface area contributed by atoms with Gasteiger partial charge in [0, 0.05) is 0 Å². The van der Waals surface area contributed by atoms with Crippen molar-refractivity contribution in [1.29, 1.82) is 0 Å². The Kier molecular flexibility index (Phi) is 3.75. The second-order valence-corrected chi connectivity index (χ2v) is 8.34. The Morgan fingerprint density at radius 1 is 1.14 bits per heavy atom. The molecular formula is C19H30O3. The van der Waals surface area contributed by atoms with Gasteiger partial charge in [0.1, 0.15) is 0 Å². The van der Waals surface area contributed by atoms with Crippen molar-refractivity contribution in [2.45, 2.75) is 58.5 Å². The number of aliphatic hydroxyl groups excluding tert-OH is 1. The summed E-state index contributed by atoms with van der Waals surface area (Å²) in [6.45, 7) is 5.20.